The van der Waals surface area contributed by atoms with E-state index in [0.29, 0.717) is 30.0 Å². The molecule has 27 heavy (non-hydrogen) atoms. The van der Waals surface area contributed by atoms with E-state index in [9.17, 15) is 13.2 Å². The topological polar surface area (TPSA) is 95.1 Å². The predicted molar refractivity (Wildman–Crippen MR) is 102 cm³/mol. The number of aromatic nitrogens is 3. The Balaban J connectivity index is 1.35. The Bertz CT molecular complexity index is 973. The van der Waals surface area contributed by atoms with Gasteiger partial charge in [0.05, 0.1) is 17.3 Å². The third kappa shape index (κ3) is 4.13. The molecular weight excluding hydrogens is 386 g/mol. The smallest absolute Gasteiger partial charge is 0.277 e. The number of Topliss-reactive ketones (excluding diaryl/α,β-unsaturated/α-hetero) is 1. The van der Waals surface area contributed by atoms with Gasteiger partial charge in [0, 0.05) is 29.4 Å². The molecule has 0 N–H and O–H groups in total. The summed E-state index contributed by atoms with van der Waals surface area (Å²) in [6.45, 7) is 4.05. The van der Waals surface area contributed by atoms with Gasteiger partial charge < -0.3 is 8.98 Å². The first-order valence-corrected chi connectivity index (χ1v) is 12.0. The highest BCUT2D eigenvalue weighted by Crippen LogP contribution is 2.38. The van der Waals surface area contributed by atoms with Crippen molar-refractivity contribution in [1.82, 2.24) is 14.8 Å². The molecule has 0 radical (unpaired) electrons. The van der Waals surface area contributed by atoms with Crippen LogP contribution in [0.4, 0.5) is 0 Å². The van der Waals surface area contributed by atoms with Crippen molar-refractivity contribution < 1.29 is 17.6 Å². The zero-order chi connectivity index (χ0) is 19.2. The minimum atomic E-state index is -2.91. The monoisotopic (exact) mass is 409 g/mol. The Morgan fingerprint density at radius 2 is 2.07 bits per heavy atom. The summed E-state index contributed by atoms with van der Waals surface area (Å²) in [4.78, 5) is 12.6. The maximum absolute atomic E-state index is 12.6. The van der Waals surface area contributed by atoms with Gasteiger partial charge in [-0.3, -0.25) is 4.79 Å². The van der Waals surface area contributed by atoms with Crippen LogP contribution in [0.1, 0.15) is 52.9 Å². The molecule has 2 fully saturated rings. The standard InChI is InChI=1S/C18H23N3O4S2/c1-11-7-15(12(2)21(11)14-3-4-14)16(22)9-26-18-20-19-17(25-18)8-13-5-6-27(23,24)10-13/h7,13-14H,3-6,8-10H2,1-2H3. The molecule has 3 heterocycles. The summed E-state index contributed by atoms with van der Waals surface area (Å²) < 4.78 is 30.9. The Labute approximate surface area is 162 Å². The lowest BCUT2D eigenvalue weighted by molar-refractivity contribution is 0.102. The fourth-order valence-electron chi connectivity index (χ4n) is 3.82. The highest BCUT2D eigenvalue weighted by molar-refractivity contribution is 7.99. The molecule has 1 aliphatic heterocycles. The molecule has 1 unspecified atom stereocenters. The molecule has 1 atom stereocenters. The molecule has 2 aliphatic rings. The molecule has 1 aliphatic carbocycles. The van der Waals surface area contributed by atoms with Crippen LogP contribution in [0.15, 0.2) is 15.7 Å². The van der Waals surface area contributed by atoms with E-state index in [-0.39, 0.29) is 29.0 Å². The summed E-state index contributed by atoms with van der Waals surface area (Å²) in [5.74, 6) is 1.21. The quantitative estimate of drug-likeness (QED) is 0.512. The Morgan fingerprint density at radius 1 is 1.30 bits per heavy atom. The van der Waals surface area contributed by atoms with E-state index in [1.807, 2.05) is 19.9 Å². The van der Waals surface area contributed by atoms with E-state index in [0.717, 1.165) is 17.0 Å². The predicted octanol–water partition coefficient (Wildman–Crippen LogP) is 2.78. The fraction of sp³-hybridized carbons (Fsp3) is 0.611. The van der Waals surface area contributed by atoms with Crippen molar-refractivity contribution in [2.45, 2.75) is 50.8 Å². The first-order chi connectivity index (χ1) is 12.8. The van der Waals surface area contributed by atoms with Crippen LogP contribution in [0.3, 0.4) is 0 Å². The molecule has 2 aromatic heterocycles. The van der Waals surface area contributed by atoms with Crippen LogP contribution >= 0.6 is 11.8 Å². The Hall–Kier alpha value is -1.61. The van der Waals surface area contributed by atoms with E-state index >= 15 is 0 Å². The number of aryl methyl sites for hydroxylation is 1. The zero-order valence-electron chi connectivity index (χ0n) is 15.5. The average molecular weight is 410 g/mol. The third-order valence-electron chi connectivity index (χ3n) is 5.26. The lowest BCUT2D eigenvalue weighted by atomic mass is 10.1. The molecule has 0 amide bonds. The van der Waals surface area contributed by atoms with E-state index < -0.39 is 9.84 Å². The van der Waals surface area contributed by atoms with Gasteiger partial charge >= 0.3 is 0 Å². The molecule has 0 bridgehead atoms. The van der Waals surface area contributed by atoms with Crippen molar-refractivity contribution in [2.24, 2.45) is 5.92 Å². The number of sulfone groups is 1. The van der Waals surface area contributed by atoms with Gasteiger partial charge in [-0.05, 0) is 45.1 Å². The van der Waals surface area contributed by atoms with E-state index in [2.05, 4.69) is 14.8 Å². The molecule has 4 rings (SSSR count). The molecule has 0 spiro atoms. The third-order valence-corrected chi connectivity index (χ3v) is 7.92. The minimum Gasteiger partial charge on any atom is -0.416 e. The zero-order valence-corrected chi connectivity index (χ0v) is 17.1. The second kappa shape index (κ2) is 7.09. The van der Waals surface area contributed by atoms with Gasteiger partial charge in [-0.1, -0.05) is 11.8 Å². The number of hydrogen-bond donors (Lipinski definition) is 0. The van der Waals surface area contributed by atoms with Gasteiger partial charge in [0.1, 0.15) is 0 Å². The minimum absolute atomic E-state index is 0.0442. The second-order valence-corrected chi connectivity index (χ2v) is 10.7. The summed E-state index contributed by atoms with van der Waals surface area (Å²) in [7, 11) is -2.91. The first-order valence-electron chi connectivity index (χ1n) is 9.19. The summed E-state index contributed by atoms with van der Waals surface area (Å²) >= 11 is 1.23. The molecule has 0 aromatic carbocycles. The van der Waals surface area contributed by atoms with Gasteiger partial charge in [-0.25, -0.2) is 8.42 Å². The molecule has 1 saturated carbocycles. The first kappa shape index (κ1) is 18.7. The largest absolute Gasteiger partial charge is 0.416 e. The highest BCUT2D eigenvalue weighted by Gasteiger charge is 2.30. The van der Waals surface area contributed by atoms with Crippen molar-refractivity contribution >= 4 is 27.4 Å². The van der Waals surface area contributed by atoms with Crippen LogP contribution in [0.2, 0.25) is 0 Å². The number of rotatable bonds is 7. The van der Waals surface area contributed by atoms with Crippen LogP contribution < -0.4 is 0 Å². The molecule has 9 heteroatoms. The normalized spacial score (nSPS) is 21.6. The SMILES string of the molecule is Cc1cc(C(=O)CSc2nnc(CC3CCS(=O)(=O)C3)o2)c(C)n1C1CC1. The van der Waals surface area contributed by atoms with E-state index in [1.165, 1.54) is 24.6 Å². The van der Waals surface area contributed by atoms with Crippen LogP contribution in [0, 0.1) is 19.8 Å². The van der Waals surface area contributed by atoms with Crippen LogP contribution in [-0.2, 0) is 16.3 Å². The average Bonchev–Trinajstić information content (AvgIpc) is 3.12. The summed E-state index contributed by atoms with van der Waals surface area (Å²) in [5.41, 5.74) is 2.94. The van der Waals surface area contributed by atoms with Crippen molar-refractivity contribution in [3.05, 3.63) is 28.9 Å². The maximum Gasteiger partial charge on any atom is 0.277 e. The summed E-state index contributed by atoms with van der Waals surface area (Å²) in [6, 6.07) is 2.52. The maximum atomic E-state index is 12.6. The molecule has 2 aromatic rings. The Morgan fingerprint density at radius 3 is 2.74 bits per heavy atom. The number of hydrogen-bond acceptors (Lipinski definition) is 7. The van der Waals surface area contributed by atoms with Crippen molar-refractivity contribution in [2.75, 3.05) is 17.3 Å². The van der Waals surface area contributed by atoms with Crippen LogP contribution in [0.25, 0.3) is 0 Å². The van der Waals surface area contributed by atoms with Crippen molar-refractivity contribution in [1.29, 1.82) is 0 Å². The van der Waals surface area contributed by atoms with Gasteiger partial charge in [0.25, 0.3) is 5.22 Å². The van der Waals surface area contributed by atoms with Crippen molar-refractivity contribution in [3.63, 3.8) is 0 Å². The number of ketones is 1. The molecule has 7 nitrogen and oxygen atoms in total. The second-order valence-electron chi connectivity index (χ2n) is 7.53. The number of thioether (sulfide) groups is 1. The molecular formula is C18H23N3O4S2. The fourth-order valence-corrected chi connectivity index (χ4v) is 6.34. The summed E-state index contributed by atoms with van der Waals surface area (Å²) in [5, 5.41) is 8.34. The lowest BCUT2D eigenvalue weighted by Gasteiger charge is -2.07. The van der Waals surface area contributed by atoms with Crippen LogP contribution in [0.5, 0.6) is 0 Å². The van der Waals surface area contributed by atoms with E-state index in [4.69, 9.17) is 4.42 Å². The van der Waals surface area contributed by atoms with Crippen LogP contribution in [-0.4, -0.2) is 46.2 Å². The van der Waals surface area contributed by atoms with Gasteiger partial charge in [0.15, 0.2) is 15.6 Å². The van der Waals surface area contributed by atoms with E-state index in [1.54, 1.807) is 0 Å². The van der Waals surface area contributed by atoms with Crippen molar-refractivity contribution in [3.8, 4) is 0 Å². The molecule has 1 saturated heterocycles. The van der Waals surface area contributed by atoms with Gasteiger partial charge in [-0.15, -0.1) is 10.2 Å². The number of carbonyl (C=O) groups is 1. The Kier molecular flexibility index (Phi) is 4.92. The number of carbonyl (C=O) groups excluding carboxylic acids is 1. The lowest BCUT2D eigenvalue weighted by Crippen LogP contribution is -2.07. The van der Waals surface area contributed by atoms with Gasteiger partial charge in [-0.2, -0.15) is 0 Å². The molecule has 146 valence electrons. The highest BCUT2D eigenvalue weighted by atomic mass is 32.2. The van der Waals surface area contributed by atoms with Gasteiger partial charge in [0.2, 0.25) is 5.89 Å². The summed E-state index contributed by atoms with van der Waals surface area (Å²) in [6.07, 6.45) is 3.49. The number of nitrogens with zero attached hydrogens (tertiary/aromatic N) is 3.